The molecule has 0 aromatic heterocycles. The van der Waals surface area contributed by atoms with Crippen LogP contribution in [0.3, 0.4) is 0 Å². The van der Waals surface area contributed by atoms with Crippen LogP contribution in [0, 0.1) is 0 Å². The Morgan fingerprint density at radius 1 is 0.885 bits per heavy atom. The van der Waals surface area contributed by atoms with E-state index in [9.17, 15) is 9.59 Å². The Morgan fingerprint density at radius 2 is 1.58 bits per heavy atom. The smallest absolute Gasteiger partial charge is 0.257 e. The number of hydrogen-bond donors (Lipinski definition) is 3. The average molecular weight is 416 g/mol. The van der Waals surface area contributed by atoms with Crippen LogP contribution in [0.2, 0.25) is 15.1 Å². The molecule has 2 aromatic rings. The van der Waals surface area contributed by atoms with Gasteiger partial charge in [-0.3, -0.25) is 9.59 Å². The van der Waals surface area contributed by atoms with E-state index in [0.29, 0.717) is 35.1 Å². The van der Waals surface area contributed by atoms with E-state index >= 15 is 0 Å². The summed E-state index contributed by atoms with van der Waals surface area (Å²) in [5.41, 5.74) is 0.783. The van der Waals surface area contributed by atoms with Crippen LogP contribution >= 0.6 is 34.8 Å². The van der Waals surface area contributed by atoms with Crippen LogP contribution in [-0.2, 0) is 0 Å². The number of aliphatic hydroxyl groups excluding tert-OH is 1. The third kappa shape index (κ3) is 5.61. The van der Waals surface area contributed by atoms with Crippen LogP contribution in [0.25, 0.3) is 0 Å². The number of carbonyl (C=O) groups excluding carboxylic acids is 2. The third-order valence-electron chi connectivity index (χ3n) is 3.52. The van der Waals surface area contributed by atoms with Crippen molar-refractivity contribution >= 4 is 52.3 Å². The molecule has 0 unspecified atom stereocenters. The van der Waals surface area contributed by atoms with E-state index in [0.717, 1.165) is 0 Å². The number of nitrogens with one attached hydrogen (secondary N) is 2. The summed E-state index contributed by atoms with van der Waals surface area (Å²) in [6, 6.07) is 9.12. The molecular weight excluding hydrogens is 399 g/mol. The van der Waals surface area contributed by atoms with Gasteiger partial charge in [-0.15, -0.1) is 0 Å². The minimum atomic E-state index is -0.469. The standard InChI is InChI=1S/C18H17Cl3N2O3/c19-11-4-6-16(14(9-11)17(25)22-7-1-2-8-24)23-18(26)13-5-3-12(20)10-15(13)21/h3-6,9-10,24H,1-2,7-8H2,(H,22,25)(H,23,26). The maximum Gasteiger partial charge on any atom is 0.257 e. The highest BCUT2D eigenvalue weighted by molar-refractivity contribution is 6.37. The van der Waals surface area contributed by atoms with Crippen molar-refractivity contribution in [1.82, 2.24) is 5.32 Å². The highest BCUT2D eigenvalue weighted by atomic mass is 35.5. The quantitative estimate of drug-likeness (QED) is 0.586. The molecule has 0 saturated heterocycles. The van der Waals surface area contributed by atoms with Crippen LogP contribution in [0.1, 0.15) is 33.6 Å². The zero-order valence-electron chi connectivity index (χ0n) is 13.7. The molecule has 0 aliphatic carbocycles. The fourth-order valence-electron chi connectivity index (χ4n) is 2.21. The van der Waals surface area contributed by atoms with Crippen molar-refractivity contribution < 1.29 is 14.7 Å². The first-order chi connectivity index (χ1) is 12.4. The van der Waals surface area contributed by atoms with E-state index in [1.165, 1.54) is 18.2 Å². The Balaban J connectivity index is 2.18. The maximum atomic E-state index is 12.5. The molecule has 2 amide bonds. The molecule has 0 atom stereocenters. The second kappa shape index (κ2) is 9.78. The summed E-state index contributed by atoms with van der Waals surface area (Å²) in [5.74, 6) is -0.841. The lowest BCUT2D eigenvalue weighted by Gasteiger charge is -2.13. The molecule has 2 rings (SSSR count). The van der Waals surface area contributed by atoms with Crippen LogP contribution < -0.4 is 10.6 Å². The van der Waals surface area contributed by atoms with Crippen LogP contribution in [0.4, 0.5) is 5.69 Å². The van der Waals surface area contributed by atoms with E-state index in [2.05, 4.69) is 10.6 Å². The van der Waals surface area contributed by atoms with E-state index in [1.54, 1.807) is 18.2 Å². The van der Waals surface area contributed by atoms with Crippen molar-refractivity contribution in [3.05, 3.63) is 62.6 Å². The summed E-state index contributed by atoms with van der Waals surface area (Å²) >= 11 is 17.9. The number of carbonyl (C=O) groups is 2. The molecule has 8 heteroatoms. The van der Waals surface area contributed by atoms with Crippen LogP contribution in [0.5, 0.6) is 0 Å². The van der Waals surface area contributed by atoms with Gasteiger partial charge in [0.15, 0.2) is 0 Å². The largest absolute Gasteiger partial charge is 0.396 e. The maximum absolute atomic E-state index is 12.5. The minimum Gasteiger partial charge on any atom is -0.396 e. The predicted octanol–water partition coefficient (Wildman–Crippen LogP) is 4.40. The molecule has 138 valence electrons. The fraction of sp³-hybridized carbons (Fsp3) is 0.222. The Hall–Kier alpha value is -1.79. The van der Waals surface area contributed by atoms with Crippen molar-refractivity contribution in [3.63, 3.8) is 0 Å². The summed E-state index contributed by atoms with van der Waals surface area (Å²) in [6.45, 7) is 0.471. The number of halogens is 3. The molecule has 0 bridgehead atoms. The van der Waals surface area contributed by atoms with Gasteiger partial charge in [-0.2, -0.15) is 0 Å². The predicted molar refractivity (Wildman–Crippen MR) is 105 cm³/mol. The second-order valence-corrected chi connectivity index (χ2v) is 6.73. The summed E-state index contributed by atoms with van der Waals surface area (Å²) in [7, 11) is 0. The van der Waals surface area contributed by atoms with Gasteiger partial charge in [0.1, 0.15) is 0 Å². The number of rotatable bonds is 7. The third-order valence-corrected chi connectivity index (χ3v) is 4.30. The van der Waals surface area contributed by atoms with Gasteiger partial charge in [0, 0.05) is 23.2 Å². The van der Waals surface area contributed by atoms with Gasteiger partial charge >= 0.3 is 0 Å². The first-order valence-corrected chi connectivity index (χ1v) is 9.00. The first-order valence-electron chi connectivity index (χ1n) is 7.87. The zero-order chi connectivity index (χ0) is 19.1. The molecule has 2 aromatic carbocycles. The van der Waals surface area contributed by atoms with Crippen molar-refractivity contribution in [2.75, 3.05) is 18.5 Å². The molecule has 0 aliphatic rings. The second-order valence-electron chi connectivity index (χ2n) is 5.45. The summed E-state index contributed by atoms with van der Waals surface area (Å²) in [4.78, 5) is 24.9. The Kier molecular flexibility index (Phi) is 7.72. The van der Waals surface area contributed by atoms with E-state index in [1.807, 2.05) is 0 Å². The average Bonchev–Trinajstić information content (AvgIpc) is 2.60. The monoisotopic (exact) mass is 414 g/mol. The van der Waals surface area contributed by atoms with Crippen LogP contribution in [0.15, 0.2) is 36.4 Å². The topological polar surface area (TPSA) is 78.4 Å². The number of unbranched alkanes of at least 4 members (excludes halogenated alkanes) is 1. The Bertz CT molecular complexity index is 812. The van der Waals surface area contributed by atoms with E-state index < -0.39 is 5.91 Å². The number of benzene rings is 2. The van der Waals surface area contributed by atoms with Crippen molar-refractivity contribution in [2.45, 2.75) is 12.8 Å². The molecule has 0 saturated carbocycles. The molecule has 3 N–H and O–H groups in total. The lowest BCUT2D eigenvalue weighted by Crippen LogP contribution is -2.26. The van der Waals surface area contributed by atoms with Gasteiger partial charge in [-0.05, 0) is 49.2 Å². The molecule has 0 aliphatic heterocycles. The molecule has 0 spiro atoms. The minimum absolute atomic E-state index is 0.0657. The van der Waals surface area contributed by atoms with Gasteiger partial charge in [0.05, 0.1) is 21.8 Å². The Labute approximate surface area is 166 Å². The van der Waals surface area contributed by atoms with Crippen molar-refractivity contribution in [3.8, 4) is 0 Å². The van der Waals surface area contributed by atoms with Gasteiger partial charge in [-0.25, -0.2) is 0 Å². The van der Waals surface area contributed by atoms with Crippen molar-refractivity contribution in [2.24, 2.45) is 0 Å². The Morgan fingerprint density at radius 3 is 2.27 bits per heavy atom. The lowest BCUT2D eigenvalue weighted by molar-refractivity contribution is 0.0953. The molecule has 5 nitrogen and oxygen atoms in total. The summed E-state index contributed by atoms with van der Waals surface area (Å²) < 4.78 is 0. The number of aliphatic hydroxyl groups is 1. The SMILES string of the molecule is O=C(Nc1ccc(Cl)cc1C(=O)NCCCCO)c1ccc(Cl)cc1Cl. The molecular formula is C18H17Cl3N2O3. The van der Waals surface area contributed by atoms with Gasteiger partial charge in [0.25, 0.3) is 11.8 Å². The first kappa shape index (κ1) is 20.5. The lowest BCUT2D eigenvalue weighted by atomic mass is 10.1. The number of amides is 2. The number of hydrogen-bond acceptors (Lipinski definition) is 3. The van der Waals surface area contributed by atoms with E-state index in [4.69, 9.17) is 39.9 Å². The van der Waals surface area contributed by atoms with Crippen LogP contribution in [-0.4, -0.2) is 30.1 Å². The zero-order valence-corrected chi connectivity index (χ0v) is 16.0. The normalized spacial score (nSPS) is 10.5. The van der Waals surface area contributed by atoms with Gasteiger partial charge in [0.2, 0.25) is 0 Å². The molecule has 0 radical (unpaired) electrons. The molecule has 0 heterocycles. The summed E-state index contributed by atoms with van der Waals surface area (Å²) in [6.07, 6.45) is 1.24. The highest BCUT2D eigenvalue weighted by Crippen LogP contribution is 2.25. The van der Waals surface area contributed by atoms with Crippen molar-refractivity contribution in [1.29, 1.82) is 0 Å². The van der Waals surface area contributed by atoms with E-state index in [-0.39, 0.29) is 28.7 Å². The number of anilines is 1. The van der Waals surface area contributed by atoms with Gasteiger partial charge in [-0.1, -0.05) is 34.8 Å². The fourth-order valence-corrected chi connectivity index (χ4v) is 2.88. The molecule has 26 heavy (non-hydrogen) atoms. The summed E-state index contributed by atoms with van der Waals surface area (Å²) in [5, 5.41) is 15.2. The highest BCUT2D eigenvalue weighted by Gasteiger charge is 2.16. The van der Waals surface area contributed by atoms with Gasteiger partial charge < -0.3 is 15.7 Å². The molecule has 0 fully saturated rings.